The topological polar surface area (TPSA) is 72.7 Å². The molecule has 0 fully saturated rings. The summed E-state index contributed by atoms with van der Waals surface area (Å²) in [7, 11) is 0. The Hall–Kier alpha value is -3.09. The number of hydrogen-bond acceptors (Lipinski definition) is 4. The zero-order chi connectivity index (χ0) is 18.7. The third-order valence-electron chi connectivity index (χ3n) is 4.03. The summed E-state index contributed by atoms with van der Waals surface area (Å²) >= 11 is 0. The standard InChI is InChI=1S/C19H20FN5O/c1-19(2,3)14-6-4-13(5-7-14)18(26)21-12-17-22-23-24-25(17)16-10-8-15(20)9-11-16/h4-11H,12H2,1-3H3,(H,21,26). The van der Waals surface area contributed by atoms with Crippen molar-refractivity contribution in [3.8, 4) is 5.69 Å². The molecule has 0 aliphatic rings. The largest absolute Gasteiger partial charge is 0.345 e. The molecular weight excluding hydrogens is 333 g/mol. The van der Waals surface area contributed by atoms with E-state index in [-0.39, 0.29) is 23.7 Å². The summed E-state index contributed by atoms with van der Waals surface area (Å²) in [6.07, 6.45) is 0. The molecule has 0 radical (unpaired) electrons. The number of benzene rings is 2. The number of carbonyl (C=O) groups is 1. The molecule has 1 N–H and O–H groups in total. The van der Waals surface area contributed by atoms with Crippen LogP contribution >= 0.6 is 0 Å². The number of aromatic nitrogens is 4. The van der Waals surface area contributed by atoms with E-state index in [1.165, 1.54) is 16.8 Å². The summed E-state index contributed by atoms with van der Waals surface area (Å²) in [6, 6.07) is 13.3. The van der Waals surface area contributed by atoms with Crippen molar-refractivity contribution in [1.29, 1.82) is 0 Å². The van der Waals surface area contributed by atoms with E-state index in [0.29, 0.717) is 17.1 Å². The Kier molecular flexibility index (Phi) is 4.79. The Morgan fingerprint density at radius 1 is 1.08 bits per heavy atom. The van der Waals surface area contributed by atoms with Crippen LogP contribution in [0.5, 0.6) is 0 Å². The van der Waals surface area contributed by atoms with Gasteiger partial charge < -0.3 is 5.32 Å². The molecule has 0 saturated heterocycles. The fraction of sp³-hybridized carbons (Fsp3) is 0.263. The average molecular weight is 353 g/mol. The lowest BCUT2D eigenvalue weighted by Crippen LogP contribution is -2.25. The van der Waals surface area contributed by atoms with Crippen molar-refractivity contribution >= 4 is 5.91 Å². The summed E-state index contributed by atoms with van der Waals surface area (Å²) in [6.45, 7) is 6.52. The maximum Gasteiger partial charge on any atom is 0.251 e. The predicted molar refractivity (Wildman–Crippen MR) is 95.4 cm³/mol. The monoisotopic (exact) mass is 353 g/mol. The van der Waals surface area contributed by atoms with Crippen LogP contribution in [-0.2, 0) is 12.0 Å². The minimum absolute atomic E-state index is 0.0340. The highest BCUT2D eigenvalue weighted by Gasteiger charge is 2.15. The first kappa shape index (κ1) is 17.7. The van der Waals surface area contributed by atoms with Crippen LogP contribution in [0.15, 0.2) is 48.5 Å². The molecule has 134 valence electrons. The molecule has 2 aromatic carbocycles. The van der Waals surface area contributed by atoms with Crippen molar-refractivity contribution in [2.75, 3.05) is 0 Å². The molecule has 3 rings (SSSR count). The van der Waals surface area contributed by atoms with Crippen LogP contribution in [0.25, 0.3) is 5.69 Å². The lowest BCUT2D eigenvalue weighted by atomic mass is 9.87. The van der Waals surface area contributed by atoms with E-state index in [9.17, 15) is 9.18 Å². The molecule has 1 amide bonds. The molecule has 0 aliphatic carbocycles. The van der Waals surface area contributed by atoms with E-state index in [1.54, 1.807) is 24.3 Å². The van der Waals surface area contributed by atoms with Gasteiger partial charge in [0.1, 0.15) is 5.82 Å². The summed E-state index contributed by atoms with van der Waals surface area (Å²) in [5.41, 5.74) is 2.38. The van der Waals surface area contributed by atoms with Gasteiger partial charge in [0.25, 0.3) is 5.91 Å². The van der Waals surface area contributed by atoms with Crippen LogP contribution in [0.2, 0.25) is 0 Å². The number of rotatable bonds is 4. The lowest BCUT2D eigenvalue weighted by molar-refractivity contribution is 0.0949. The van der Waals surface area contributed by atoms with Gasteiger partial charge in [0.15, 0.2) is 5.82 Å². The van der Waals surface area contributed by atoms with Crippen LogP contribution in [0.1, 0.15) is 42.5 Å². The van der Waals surface area contributed by atoms with E-state index >= 15 is 0 Å². The van der Waals surface area contributed by atoms with Gasteiger partial charge in [0.05, 0.1) is 12.2 Å². The zero-order valence-electron chi connectivity index (χ0n) is 14.9. The van der Waals surface area contributed by atoms with Gasteiger partial charge in [-0.3, -0.25) is 4.79 Å². The summed E-state index contributed by atoms with van der Waals surface area (Å²) in [4.78, 5) is 12.4. The summed E-state index contributed by atoms with van der Waals surface area (Å²) in [5.74, 6) is -0.0919. The third kappa shape index (κ3) is 3.93. The van der Waals surface area contributed by atoms with Crippen molar-refractivity contribution in [3.05, 3.63) is 71.3 Å². The minimum Gasteiger partial charge on any atom is -0.345 e. The van der Waals surface area contributed by atoms with E-state index in [4.69, 9.17) is 0 Å². The molecule has 6 nitrogen and oxygen atoms in total. The van der Waals surface area contributed by atoms with E-state index in [0.717, 1.165) is 5.56 Å². The number of halogens is 1. The Labute approximate surface area is 151 Å². The Morgan fingerprint density at radius 2 is 1.73 bits per heavy atom. The van der Waals surface area contributed by atoms with Gasteiger partial charge in [-0.1, -0.05) is 32.9 Å². The van der Waals surface area contributed by atoms with Gasteiger partial charge >= 0.3 is 0 Å². The fourth-order valence-electron chi connectivity index (χ4n) is 2.48. The molecule has 0 atom stereocenters. The number of amides is 1. The van der Waals surface area contributed by atoms with Crippen molar-refractivity contribution in [2.24, 2.45) is 0 Å². The molecule has 0 unspecified atom stereocenters. The number of tetrazole rings is 1. The van der Waals surface area contributed by atoms with Crippen LogP contribution in [0.3, 0.4) is 0 Å². The number of nitrogens with one attached hydrogen (secondary N) is 1. The van der Waals surface area contributed by atoms with Crippen molar-refractivity contribution in [3.63, 3.8) is 0 Å². The molecule has 1 heterocycles. The average Bonchev–Trinajstić information content (AvgIpc) is 3.08. The molecule has 0 saturated carbocycles. The highest BCUT2D eigenvalue weighted by molar-refractivity contribution is 5.94. The predicted octanol–water partition coefficient (Wildman–Crippen LogP) is 3.03. The lowest BCUT2D eigenvalue weighted by Gasteiger charge is -2.19. The molecular formula is C19H20FN5O. The Bertz CT molecular complexity index is 895. The third-order valence-corrected chi connectivity index (χ3v) is 4.03. The zero-order valence-corrected chi connectivity index (χ0v) is 14.9. The van der Waals surface area contributed by atoms with Gasteiger partial charge in [-0.05, 0) is 57.8 Å². The first-order chi connectivity index (χ1) is 12.3. The maximum absolute atomic E-state index is 13.1. The minimum atomic E-state index is -0.338. The van der Waals surface area contributed by atoms with Crippen molar-refractivity contribution in [1.82, 2.24) is 25.5 Å². The summed E-state index contributed by atoms with van der Waals surface area (Å²) in [5, 5.41) is 14.2. The van der Waals surface area contributed by atoms with E-state index < -0.39 is 0 Å². The molecule has 3 aromatic rings. The van der Waals surface area contributed by atoms with Gasteiger partial charge in [-0.15, -0.1) is 5.10 Å². The molecule has 1 aromatic heterocycles. The first-order valence-electron chi connectivity index (χ1n) is 8.26. The van der Waals surface area contributed by atoms with Gasteiger partial charge in [-0.25, -0.2) is 4.39 Å². The van der Waals surface area contributed by atoms with Crippen LogP contribution < -0.4 is 5.32 Å². The number of hydrogen-bond donors (Lipinski definition) is 1. The quantitative estimate of drug-likeness (QED) is 0.782. The van der Waals surface area contributed by atoms with Crippen molar-refractivity contribution in [2.45, 2.75) is 32.7 Å². The van der Waals surface area contributed by atoms with E-state index in [1.807, 2.05) is 12.1 Å². The second-order valence-corrected chi connectivity index (χ2v) is 6.99. The van der Waals surface area contributed by atoms with E-state index in [2.05, 4.69) is 41.6 Å². The smallest absolute Gasteiger partial charge is 0.251 e. The van der Waals surface area contributed by atoms with Crippen molar-refractivity contribution < 1.29 is 9.18 Å². The van der Waals surface area contributed by atoms with Gasteiger partial charge in [0, 0.05) is 5.56 Å². The molecule has 0 spiro atoms. The Balaban J connectivity index is 1.69. The molecule has 26 heavy (non-hydrogen) atoms. The normalized spacial score (nSPS) is 11.4. The molecule has 0 bridgehead atoms. The highest BCUT2D eigenvalue weighted by Crippen LogP contribution is 2.22. The Morgan fingerprint density at radius 3 is 2.35 bits per heavy atom. The SMILES string of the molecule is CC(C)(C)c1ccc(C(=O)NCc2nnnn2-c2ccc(F)cc2)cc1. The summed E-state index contributed by atoms with van der Waals surface area (Å²) < 4.78 is 14.5. The van der Waals surface area contributed by atoms with Crippen LogP contribution in [-0.4, -0.2) is 26.1 Å². The second-order valence-electron chi connectivity index (χ2n) is 6.99. The molecule has 7 heteroatoms. The fourth-order valence-corrected chi connectivity index (χ4v) is 2.48. The number of nitrogens with zero attached hydrogens (tertiary/aromatic N) is 4. The first-order valence-corrected chi connectivity index (χ1v) is 8.26. The van der Waals surface area contributed by atoms with Gasteiger partial charge in [-0.2, -0.15) is 4.68 Å². The second kappa shape index (κ2) is 7.03. The number of carbonyl (C=O) groups excluding carboxylic acids is 1. The van der Waals surface area contributed by atoms with Crippen LogP contribution in [0, 0.1) is 5.82 Å². The van der Waals surface area contributed by atoms with Crippen LogP contribution in [0.4, 0.5) is 4.39 Å². The maximum atomic E-state index is 13.1. The highest BCUT2D eigenvalue weighted by atomic mass is 19.1. The van der Waals surface area contributed by atoms with Gasteiger partial charge in [0.2, 0.25) is 0 Å². The molecule has 0 aliphatic heterocycles.